The summed E-state index contributed by atoms with van der Waals surface area (Å²) in [7, 11) is 0. The van der Waals surface area contributed by atoms with Gasteiger partial charge in [-0.15, -0.1) is 0 Å². The molecule has 1 aliphatic rings. The van der Waals surface area contributed by atoms with E-state index in [2.05, 4.69) is 5.32 Å². The number of amides is 2. The highest BCUT2D eigenvalue weighted by Crippen LogP contribution is 2.26. The van der Waals surface area contributed by atoms with Gasteiger partial charge in [0.15, 0.2) is 0 Å². The first kappa shape index (κ1) is 21.9. The number of aromatic nitrogens is 1. The molecule has 0 bridgehead atoms. The minimum atomic E-state index is -0.291. The van der Waals surface area contributed by atoms with Gasteiger partial charge in [-0.25, -0.2) is 4.39 Å². The average molecular weight is 456 g/mol. The molecule has 2 heterocycles. The van der Waals surface area contributed by atoms with Gasteiger partial charge in [0.2, 0.25) is 5.91 Å². The summed E-state index contributed by atoms with van der Waals surface area (Å²) in [6, 6.07) is 24.3. The Morgan fingerprint density at radius 1 is 1.00 bits per heavy atom. The molecule has 0 saturated heterocycles. The minimum absolute atomic E-state index is 0.0232. The zero-order valence-electron chi connectivity index (χ0n) is 18.8. The Morgan fingerprint density at radius 3 is 2.62 bits per heavy atom. The molecule has 0 unspecified atom stereocenters. The van der Waals surface area contributed by atoms with Crippen LogP contribution in [0.25, 0.3) is 10.9 Å². The van der Waals surface area contributed by atoms with E-state index in [1.807, 2.05) is 76.3 Å². The molecule has 0 radical (unpaired) electrons. The first-order valence-electron chi connectivity index (χ1n) is 11.5. The van der Waals surface area contributed by atoms with Crippen LogP contribution in [0.15, 0.2) is 85.1 Å². The first-order valence-corrected chi connectivity index (χ1v) is 11.5. The molecule has 4 aromatic rings. The number of fused-ring (bicyclic) bond motifs is 2. The van der Waals surface area contributed by atoms with Gasteiger partial charge in [0.05, 0.1) is 5.52 Å². The Hall–Kier alpha value is -3.93. The van der Waals surface area contributed by atoms with Crippen molar-refractivity contribution in [2.75, 3.05) is 13.1 Å². The standard InChI is InChI=1S/C28H26FN3O2/c29-24-11-10-21-12-14-31(26(21)16-24)15-13-27(33)30-17-23(20-6-2-1-3-7-20)19-32-18-22-8-4-5-9-25(22)28(32)34/h1-12,14,16,23H,13,15,17-19H2,(H,30,33)/t23-/m0/s1. The second kappa shape index (κ2) is 9.51. The predicted molar refractivity (Wildman–Crippen MR) is 130 cm³/mol. The molecule has 1 aliphatic heterocycles. The number of aryl methyl sites for hydroxylation is 1. The zero-order chi connectivity index (χ0) is 23.5. The molecule has 1 atom stereocenters. The number of benzene rings is 3. The van der Waals surface area contributed by atoms with Gasteiger partial charge < -0.3 is 14.8 Å². The monoisotopic (exact) mass is 455 g/mol. The molecule has 172 valence electrons. The Morgan fingerprint density at radius 2 is 1.79 bits per heavy atom. The number of carbonyl (C=O) groups excluding carboxylic acids is 2. The van der Waals surface area contributed by atoms with Crippen molar-refractivity contribution in [1.29, 1.82) is 0 Å². The summed E-state index contributed by atoms with van der Waals surface area (Å²) < 4.78 is 15.5. The Bertz CT molecular complexity index is 1330. The SMILES string of the molecule is O=C(CCn1ccc2ccc(F)cc21)NC[C@@H](CN1Cc2ccccc2C1=O)c1ccccc1. The van der Waals surface area contributed by atoms with Crippen LogP contribution in [0.3, 0.4) is 0 Å². The highest BCUT2D eigenvalue weighted by molar-refractivity contribution is 5.98. The van der Waals surface area contributed by atoms with Gasteiger partial charge in [0.1, 0.15) is 5.82 Å². The van der Waals surface area contributed by atoms with Crippen molar-refractivity contribution in [3.8, 4) is 0 Å². The second-order valence-electron chi connectivity index (χ2n) is 8.72. The molecule has 1 aromatic heterocycles. The molecular weight excluding hydrogens is 429 g/mol. The van der Waals surface area contributed by atoms with Crippen LogP contribution in [0.5, 0.6) is 0 Å². The molecule has 0 fully saturated rings. The molecule has 5 nitrogen and oxygen atoms in total. The Kier molecular flexibility index (Phi) is 6.12. The molecule has 6 heteroatoms. The summed E-state index contributed by atoms with van der Waals surface area (Å²) in [6.45, 7) is 2.02. The Balaban J connectivity index is 1.23. The minimum Gasteiger partial charge on any atom is -0.355 e. The number of halogens is 1. The lowest BCUT2D eigenvalue weighted by Gasteiger charge is -2.24. The zero-order valence-corrected chi connectivity index (χ0v) is 18.8. The van der Waals surface area contributed by atoms with Gasteiger partial charge in [0, 0.05) is 50.3 Å². The van der Waals surface area contributed by atoms with Crippen LogP contribution in [0.4, 0.5) is 4.39 Å². The predicted octanol–water partition coefficient (Wildman–Crippen LogP) is 4.73. The van der Waals surface area contributed by atoms with Crippen molar-refractivity contribution in [2.45, 2.75) is 25.4 Å². The van der Waals surface area contributed by atoms with E-state index in [0.717, 1.165) is 27.6 Å². The summed E-state index contributed by atoms with van der Waals surface area (Å²) in [5, 5.41) is 4.00. The molecule has 0 spiro atoms. The maximum absolute atomic E-state index is 13.6. The first-order chi connectivity index (χ1) is 16.6. The van der Waals surface area contributed by atoms with Crippen molar-refractivity contribution < 1.29 is 14.0 Å². The lowest BCUT2D eigenvalue weighted by Crippen LogP contribution is -2.36. The highest BCUT2D eigenvalue weighted by atomic mass is 19.1. The number of nitrogens with zero attached hydrogens (tertiary/aromatic N) is 2. The third-order valence-electron chi connectivity index (χ3n) is 6.47. The molecule has 2 amide bonds. The van der Waals surface area contributed by atoms with Crippen LogP contribution in [-0.4, -0.2) is 34.4 Å². The lowest BCUT2D eigenvalue weighted by molar-refractivity contribution is -0.121. The summed E-state index contributed by atoms with van der Waals surface area (Å²) in [4.78, 5) is 27.4. The molecule has 34 heavy (non-hydrogen) atoms. The van der Waals surface area contributed by atoms with E-state index in [9.17, 15) is 14.0 Å². The van der Waals surface area contributed by atoms with E-state index >= 15 is 0 Å². The highest BCUT2D eigenvalue weighted by Gasteiger charge is 2.29. The van der Waals surface area contributed by atoms with Crippen LogP contribution in [0, 0.1) is 5.82 Å². The third kappa shape index (κ3) is 4.57. The average Bonchev–Trinajstić information content (AvgIpc) is 3.41. The van der Waals surface area contributed by atoms with E-state index in [1.165, 1.54) is 12.1 Å². The third-order valence-corrected chi connectivity index (χ3v) is 6.47. The van der Waals surface area contributed by atoms with Gasteiger partial charge in [0.25, 0.3) is 5.91 Å². The number of rotatable bonds is 8. The number of hydrogen-bond acceptors (Lipinski definition) is 2. The van der Waals surface area contributed by atoms with E-state index in [4.69, 9.17) is 0 Å². The summed E-state index contributed by atoms with van der Waals surface area (Å²) >= 11 is 0. The van der Waals surface area contributed by atoms with E-state index < -0.39 is 0 Å². The van der Waals surface area contributed by atoms with Crippen LogP contribution in [-0.2, 0) is 17.9 Å². The summed E-state index contributed by atoms with van der Waals surface area (Å²) in [5.41, 5.74) is 3.66. The largest absolute Gasteiger partial charge is 0.355 e. The molecule has 0 aliphatic carbocycles. The molecule has 1 N–H and O–H groups in total. The summed E-state index contributed by atoms with van der Waals surface area (Å²) in [6.07, 6.45) is 2.16. The van der Waals surface area contributed by atoms with Gasteiger partial charge in [-0.1, -0.05) is 48.5 Å². The number of nitrogens with one attached hydrogen (secondary N) is 1. The fourth-order valence-electron chi connectivity index (χ4n) is 4.64. The quantitative estimate of drug-likeness (QED) is 0.418. The van der Waals surface area contributed by atoms with Crippen LogP contribution >= 0.6 is 0 Å². The second-order valence-corrected chi connectivity index (χ2v) is 8.72. The maximum Gasteiger partial charge on any atom is 0.254 e. The Labute approximate surface area is 197 Å². The smallest absolute Gasteiger partial charge is 0.254 e. The van der Waals surface area contributed by atoms with Crippen molar-refractivity contribution in [3.63, 3.8) is 0 Å². The van der Waals surface area contributed by atoms with Crippen LogP contribution in [0.2, 0.25) is 0 Å². The van der Waals surface area contributed by atoms with Gasteiger partial charge in [-0.05, 0) is 46.8 Å². The number of carbonyl (C=O) groups is 2. The summed E-state index contributed by atoms with van der Waals surface area (Å²) in [5.74, 6) is -0.351. The lowest BCUT2D eigenvalue weighted by atomic mass is 9.98. The molecule has 3 aromatic carbocycles. The van der Waals surface area contributed by atoms with Gasteiger partial charge >= 0.3 is 0 Å². The number of hydrogen-bond donors (Lipinski definition) is 1. The maximum atomic E-state index is 13.6. The van der Waals surface area contributed by atoms with Crippen molar-refractivity contribution in [2.24, 2.45) is 0 Å². The van der Waals surface area contributed by atoms with Crippen molar-refractivity contribution in [3.05, 3.63) is 108 Å². The fourth-order valence-corrected chi connectivity index (χ4v) is 4.64. The van der Waals surface area contributed by atoms with Crippen molar-refractivity contribution >= 4 is 22.7 Å². The van der Waals surface area contributed by atoms with Crippen molar-refractivity contribution in [1.82, 2.24) is 14.8 Å². The van der Waals surface area contributed by atoms with E-state index in [0.29, 0.717) is 26.2 Å². The van der Waals surface area contributed by atoms with Crippen LogP contribution in [0.1, 0.15) is 33.8 Å². The van der Waals surface area contributed by atoms with E-state index in [-0.39, 0.29) is 30.0 Å². The molecular formula is C28H26FN3O2. The van der Waals surface area contributed by atoms with Gasteiger partial charge in [-0.3, -0.25) is 9.59 Å². The van der Waals surface area contributed by atoms with Crippen LogP contribution < -0.4 is 5.32 Å². The molecule has 0 saturated carbocycles. The van der Waals surface area contributed by atoms with E-state index in [1.54, 1.807) is 6.07 Å². The topological polar surface area (TPSA) is 54.3 Å². The fraction of sp³-hybridized carbons (Fsp3) is 0.214. The van der Waals surface area contributed by atoms with Gasteiger partial charge in [-0.2, -0.15) is 0 Å². The normalized spacial score (nSPS) is 13.8. The molecule has 5 rings (SSSR count).